The summed E-state index contributed by atoms with van der Waals surface area (Å²) in [6.45, 7) is 0. The molecule has 0 heterocycles. The number of nitrogens with one attached hydrogen (secondary N) is 1. The van der Waals surface area contributed by atoms with Gasteiger partial charge >= 0.3 is 0 Å². The van der Waals surface area contributed by atoms with Gasteiger partial charge in [0.15, 0.2) is 0 Å². The van der Waals surface area contributed by atoms with E-state index in [1.54, 1.807) is 24.3 Å². The first-order chi connectivity index (χ1) is 9.51. The number of anilines is 2. The van der Waals surface area contributed by atoms with Crippen molar-refractivity contribution < 1.29 is 4.79 Å². The van der Waals surface area contributed by atoms with E-state index in [1.807, 2.05) is 6.07 Å². The molecule has 2 aromatic rings. The van der Waals surface area contributed by atoms with Gasteiger partial charge < -0.3 is 11.1 Å². The van der Waals surface area contributed by atoms with Crippen molar-refractivity contribution in [2.45, 2.75) is 0 Å². The number of nitrogens with zero attached hydrogens (tertiary/aromatic N) is 1. The molecule has 0 fully saturated rings. The minimum atomic E-state index is -0.420. The molecule has 4 nitrogen and oxygen atoms in total. The summed E-state index contributed by atoms with van der Waals surface area (Å²) in [5.74, 6) is -0.420. The van der Waals surface area contributed by atoms with Gasteiger partial charge in [0.25, 0.3) is 5.91 Å². The first-order valence-electron chi connectivity index (χ1n) is 5.57. The normalized spacial score (nSPS) is 9.85. The second-order valence-corrected chi connectivity index (χ2v) is 4.84. The smallest absolute Gasteiger partial charge is 0.257 e. The van der Waals surface area contributed by atoms with Gasteiger partial charge in [0, 0.05) is 10.7 Å². The number of halogens is 2. The van der Waals surface area contributed by atoms with Crippen molar-refractivity contribution in [1.82, 2.24) is 0 Å². The number of nitrogens with two attached hydrogens (primary N) is 1. The zero-order valence-electron chi connectivity index (χ0n) is 10.2. The Kier molecular flexibility index (Phi) is 4.14. The van der Waals surface area contributed by atoms with Crippen molar-refractivity contribution >= 4 is 40.5 Å². The molecule has 2 rings (SSSR count). The minimum Gasteiger partial charge on any atom is -0.398 e. The lowest BCUT2D eigenvalue weighted by Crippen LogP contribution is -2.14. The maximum Gasteiger partial charge on any atom is 0.257 e. The van der Waals surface area contributed by atoms with E-state index in [9.17, 15) is 4.79 Å². The van der Waals surface area contributed by atoms with Gasteiger partial charge in [0.1, 0.15) is 0 Å². The van der Waals surface area contributed by atoms with Crippen LogP contribution in [0.15, 0.2) is 36.4 Å². The van der Waals surface area contributed by atoms with E-state index >= 15 is 0 Å². The molecular weight excluding hydrogens is 297 g/mol. The highest BCUT2D eigenvalue weighted by atomic mass is 35.5. The average molecular weight is 306 g/mol. The van der Waals surface area contributed by atoms with E-state index < -0.39 is 5.91 Å². The zero-order chi connectivity index (χ0) is 14.7. The lowest BCUT2D eigenvalue weighted by atomic mass is 10.1. The summed E-state index contributed by atoms with van der Waals surface area (Å²) in [4.78, 5) is 12.1. The van der Waals surface area contributed by atoms with Gasteiger partial charge in [-0.3, -0.25) is 4.79 Å². The van der Waals surface area contributed by atoms with Crippen LogP contribution in [0.2, 0.25) is 10.0 Å². The number of carbonyl (C=O) groups is 1. The third-order valence-corrected chi connectivity index (χ3v) is 3.15. The van der Waals surface area contributed by atoms with E-state index in [0.29, 0.717) is 22.0 Å². The van der Waals surface area contributed by atoms with Crippen LogP contribution in [0.3, 0.4) is 0 Å². The Hall–Kier alpha value is -2.22. The van der Waals surface area contributed by atoms with Crippen LogP contribution in [0.25, 0.3) is 0 Å². The molecule has 0 aromatic heterocycles. The Bertz CT molecular complexity index is 723. The highest BCUT2D eigenvalue weighted by molar-refractivity contribution is 6.34. The second-order valence-electron chi connectivity index (χ2n) is 3.99. The number of benzene rings is 2. The molecule has 0 atom stereocenters. The molecule has 0 saturated carbocycles. The third-order valence-electron chi connectivity index (χ3n) is 2.61. The quantitative estimate of drug-likeness (QED) is 0.830. The fourth-order valence-electron chi connectivity index (χ4n) is 1.60. The summed E-state index contributed by atoms with van der Waals surface area (Å²) < 4.78 is 0. The number of rotatable bonds is 2. The van der Waals surface area contributed by atoms with Crippen LogP contribution in [0.1, 0.15) is 15.9 Å². The summed E-state index contributed by atoms with van der Waals surface area (Å²) in [6.07, 6.45) is 0. The molecule has 20 heavy (non-hydrogen) atoms. The van der Waals surface area contributed by atoms with Crippen LogP contribution in [-0.4, -0.2) is 5.91 Å². The summed E-state index contributed by atoms with van der Waals surface area (Å²) in [6, 6.07) is 11.2. The van der Waals surface area contributed by atoms with Gasteiger partial charge in [0.05, 0.1) is 27.9 Å². The van der Waals surface area contributed by atoms with Crippen LogP contribution in [0.4, 0.5) is 11.4 Å². The summed E-state index contributed by atoms with van der Waals surface area (Å²) in [5, 5.41) is 12.1. The molecule has 0 radical (unpaired) electrons. The number of carbonyl (C=O) groups excluding carboxylic acids is 1. The van der Waals surface area contributed by atoms with E-state index in [0.717, 1.165) is 0 Å². The number of amides is 1. The Morgan fingerprint density at radius 2 is 1.95 bits per heavy atom. The molecule has 0 aliphatic rings. The van der Waals surface area contributed by atoms with E-state index in [4.69, 9.17) is 34.2 Å². The summed E-state index contributed by atoms with van der Waals surface area (Å²) >= 11 is 11.8. The molecule has 2 aromatic carbocycles. The third kappa shape index (κ3) is 3.02. The number of nitriles is 1. The van der Waals surface area contributed by atoms with E-state index in [2.05, 4.69) is 5.32 Å². The molecular formula is C14H9Cl2N3O. The monoisotopic (exact) mass is 305 g/mol. The van der Waals surface area contributed by atoms with Gasteiger partial charge in [-0.05, 0) is 36.4 Å². The van der Waals surface area contributed by atoms with E-state index in [-0.39, 0.29) is 10.6 Å². The van der Waals surface area contributed by atoms with Gasteiger partial charge in [0.2, 0.25) is 0 Å². The summed E-state index contributed by atoms with van der Waals surface area (Å²) in [5.41, 5.74) is 7.12. The molecule has 0 aliphatic heterocycles. The fourth-order valence-corrected chi connectivity index (χ4v) is 2.00. The topological polar surface area (TPSA) is 78.9 Å². The highest BCUT2D eigenvalue weighted by Gasteiger charge is 2.12. The van der Waals surface area contributed by atoms with Gasteiger partial charge in [-0.2, -0.15) is 5.26 Å². The van der Waals surface area contributed by atoms with Crippen molar-refractivity contribution in [1.29, 1.82) is 5.26 Å². The predicted molar refractivity (Wildman–Crippen MR) is 80.0 cm³/mol. The second kappa shape index (κ2) is 5.83. The first-order valence-corrected chi connectivity index (χ1v) is 6.33. The number of hydrogen-bond donors (Lipinski definition) is 2. The van der Waals surface area contributed by atoms with Gasteiger partial charge in [-0.1, -0.05) is 23.2 Å². The molecule has 6 heteroatoms. The minimum absolute atomic E-state index is 0.262. The summed E-state index contributed by atoms with van der Waals surface area (Å²) in [7, 11) is 0. The van der Waals surface area contributed by atoms with Crippen molar-refractivity contribution in [3.8, 4) is 6.07 Å². The molecule has 0 spiro atoms. The van der Waals surface area contributed by atoms with Crippen LogP contribution in [0.5, 0.6) is 0 Å². The molecule has 100 valence electrons. The fraction of sp³-hybridized carbons (Fsp3) is 0. The maximum absolute atomic E-state index is 12.1. The van der Waals surface area contributed by atoms with Crippen LogP contribution in [-0.2, 0) is 0 Å². The van der Waals surface area contributed by atoms with Gasteiger partial charge in [-0.15, -0.1) is 0 Å². The lowest BCUT2D eigenvalue weighted by Gasteiger charge is -2.09. The Labute approximate surface area is 125 Å². The largest absolute Gasteiger partial charge is 0.398 e. The molecule has 0 unspecified atom stereocenters. The SMILES string of the molecule is N#Cc1ccc(NC(=O)c2cc(Cl)ccc2N)c(Cl)c1. The van der Waals surface area contributed by atoms with Crippen molar-refractivity contribution in [3.63, 3.8) is 0 Å². The first kappa shape index (κ1) is 14.2. The van der Waals surface area contributed by atoms with Crippen LogP contribution >= 0.6 is 23.2 Å². The maximum atomic E-state index is 12.1. The van der Waals surface area contributed by atoms with Crippen molar-refractivity contribution in [2.75, 3.05) is 11.1 Å². The molecule has 0 bridgehead atoms. The van der Waals surface area contributed by atoms with Gasteiger partial charge in [-0.25, -0.2) is 0 Å². The Morgan fingerprint density at radius 3 is 2.60 bits per heavy atom. The van der Waals surface area contributed by atoms with Crippen LogP contribution < -0.4 is 11.1 Å². The standard InChI is InChI=1S/C14H9Cl2N3O/c15-9-2-3-12(18)10(6-9)14(20)19-13-4-1-8(7-17)5-11(13)16/h1-6H,18H2,(H,19,20). The molecule has 1 amide bonds. The predicted octanol–water partition coefficient (Wildman–Crippen LogP) is 3.70. The Morgan fingerprint density at radius 1 is 1.20 bits per heavy atom. The highest BCUT2D eigenvalue weighted by Crippen LogP contribution is 2.25. The zero-order valence-corrected chi connectivity index (χ0v) is 11.7. The molecule has 0 aliphatic carbocycles. The number of hydrogen-bond acceptors (Lipinski definition) is 3. The van der Waals surface area contributed by atoms with Crippen molar-refractivity contribution in [2.24, 2.45) is 0 Å². The lowest BCUT2D eigenvalue weighted by molar-refractivity contribution is 0.102. The van der Waals surface area contributed by atoms with Crippen LogP contribution in [0, 0.1) is 11.3 Å². The van der Waals surface area contributed by atoms with Crippen molar-refractivity contribution in [3.05, 3.63) is 57.6 Å². The molecule has 3 N–H and O–H groups in total. The molecule has 0 saturated heterocycles. The Balaban J connectivity index is 2.28. The number of nitrogen functional groups attached to an aromatic ring is 1. The average Bonchev–Trinajstić information content (AvgIpc) is 2.43. The van der Waals surface area contributed by atoms with E-state index in [1.165, 1.54) is 12.1 Å².